The summed E-state index contributed by atoms with van der Waals surface area (Å²) in [5.41, 5.74) is 0.371. The Morgan fingerprint density at radius 3 is 1.89 bits per heavy atom. The van der Waals surface area contributed by atoms with Crippen LogP contribution in [0.5, 0.6) is 0 Å². The second kappa shape index (κ2) is 22.4. The summed E-state index contributed by atoms with van der Waals surface area (Å²) in [6.45, 7) is 5.09. The number of aliphatic hydroxyl groups excluding tert-OH is 9. The fourth-order valence-corrected chi connectivity index (χ4v) is 5.06. The van der Waals surface area contributed by atoms with Gasteiger partial charge in [0, 0.05) is 12.8 Å². The molecule has 0 fully saturated rings. The molecule has 0 radical (unpaired) electrons. The predicted octanol–water partition coefficient (Wildman–Crippen LogP) is 1.50. The van der Waals surface area contributed by atoms with Gasteiger partial charge in [-0.3, -0.25) is 4.79 Å². The highest BCUT2D eigenvalue weighted by molar-refractivity contribution is 5.74. The third-order valence-corrected chi connectivity index (χ3v) is 7.87. The highest BCUT2D eigenvalue weighted by Gasteiger charge is 2.37. The number of carbonyl (C=O) groups excluding carboxylic acids is 1. The Hall–Kier alpha value is -2.19. The molecule has 0 amide bonds. The first-order valence-electron chi connectivity index (χ1n) is 16.0. The lowest BCUT2D eigenvalue weighted by Gasteiger charge is -2.30. The maximum atomic E-state index is 13.1. The first-order valence-corrected chi connectivity index (χ1v) is 16.0. The second-order valence-electron chi connectivity index (χ2n) is 12.0. The van der Waals surface area contributed by atoms with E-state index in [0.717, 1.165) is 19.3 Å². The Morgan fingerprint density at radius 2 is 1.29 bits per heavy atom. The molecule has 0 saturated heterocycles. The molecule has 0 aromatic carbocycles. The molecule has 258 valence electrons. The topological polar surface area (TPSA) is 208 Å². The number of carbonyl (C=O) groups is 1. The van der Waals surface area contributed by atoms with Gasteiger partial charge in [0.2, 0.25) is 0 Å². The van der Waals surface area contributed by atoms with E-state index in [1.54, 1.807) is 55.5 Å². The summed E-state index contributed by atoms with van der Waals surface area (Å²) in [4.78, 5) is 13.1. The molecule has 0 spiro atoms. The molecule has 1 heterocycles. The number of unbranched alkanes of at least 4 members (excludes halogenated alkanes) is 3. The Balaban J connectivity index is 3.19. The molecule has 0 bridgehead atoms. The van der Waals surface area contributed by atoms with Gasteiger partial charge >= 0.3 is 5.97 Å². The van der Waals surface area contributed by atoms with Crippen molar-refractivity contribution in [2.24, 2.45) is 5.92 Å². The van der Waals surface area contributed by atoms with E-state index >= 15 is 0 Å². The Kier molecular flexibility index (Phi) is 20.3. The van der Waals surface area contributed by atoms with E-state index in [-0.39, 0.29) is 32.1 Å². The smallest absolute Gasteiger partial charge is 0.314 e. The van der Waals surface area contributed by atoms with Crippen LogP contribution in [0.4, 0.5) is 0 Å². The SMILES string of the molecule is CCCCCCC(O)C1C(=O)OC(C)C(O)\C=C/C=C/C=C/C=C/C=C(\C)C(O)C(O)C(O)CC(O)CC(O)CC(O)CC1O. The predicted molar refractivity (Wildman–Crippen MR) is 171 cm³/mol. The van der Waals surface area contributed by atoms with Crippen molar-refractivity contribution in [3.8, 4) is 0 Å². The molecule has 0 aromatic heterocycles. The fraction of sp³-hybridized carbons (Fsp3) is 0.676. The van der Waals surface area contributed by atoms with Crippen molar-refractivity contribution in [1.82, 2.24) is 0 Å². The molecule has 1 aliphatic heterocycles. The van der Waals surface area contributed by atoms with Gasteiger partial charge in [0.05, 0.1) is 36.6 Å². The second-order valence-corrected chi connectivity index (χ2v) is 12.0. The minimum atomic E-state index is -1.60. The monoisotopic (exact) mass is 640 g/mol. The molecule has 11 unspecified atom stereocenters. The summed E-state index contributed by atoms with van der Waals surface area (Å²) in [5, 5.41) is 94.9. The van der Waals surface area contributed by atoms with Crippen molar-refractivity contribution in [2.45, 2.75) is 140 Å². The van der Waals surface area contributed by atoms with Crippen molar-refractivity contribution in [2.75, 3.05) is 0 Å². The lowest BCUT2D eigenvalue weighted by atomic mass is 9.87. The standard InChI is InChI=1S/C34H56O11/c1-4-5-6-13-17-28(39)31-29(40)20-25(36)18-24(35)19-26(37)21-30(41)33(43)32(42)22(2)15-12-10-8-7-9-11-14-16-27(38)23(3)45-34(31)44/h7-12,14-16,23-33,35-43H,4-6,13,17-21H2,1-3H3/b8-7+,11-9+,12-10+,16-14-,22-15+. The average Bonchev–Trinajstić information content (AvgIpc) is 2.96. The van der Waals surface area contributed by atoms with Gasteiger partial charge in [0.1, 0.15) is 30.3 Å². The van der Waals surface area contributed by atoms with Crippen LogP contribution in [0, 0.1) is 5.92 Å². The number of ether oxygens (including phenoxy) is 1. The zero-order chi connectivity index (χ0) is 33.9. The van der Waals surface area contributed by atoms with Crippen LogP contribution in [0.3, 0.4) is 0 Å². The van der Waals surface area contributed by atoms with Crippen molar-refractivity contribution in [3.63, 3.8) is 0 Å². The van der Waals surface area contributed by atoms with Gasteiger partial charge in [0.15, 0.2) is 0 Å². The van der Waals surface area contributed by atoms with E-state index in [1.807, 2.05) is 6.92 Å². The maximum Gasteiger partial charge on any atom is 0.314 e. The zero-order valence-corrected chi connectivity index (χ0v) is 26.8. The zero-order valence-electron chi connectivity index (χ0n) is 26.8. The van der Waals surface area contributed by atoms with Crippen LogP contribution in [-0.4, -0.2) is 113 Å². The average molecular weight is 641 g/mol. The van der Waals surface area contributed by atoms with Crippen molar-refractivity contribution in [3.05, 3.63) is 60.3 Å². The quantitative estimate of drug-likeness (QED) is 0.150. The van der Waals surface area contributed by atoms with E-state index in [0.29, 0.717) is 12.0 Å². The summed E-state index contributed by atoms with van der Waals surface area (Å²) in [6.07, 6.45) is 3.42. The lowest BCUT2D eigenvalue weighted by Crippen LogP contribution is -2.43. The molecule has 9 N–H and O–H groups in total. The number of esters is 1. The van der Waals surface area contributed by atoms with Crippen LogP contribution in [0.15, 0.2) is 60.3 Å². The molecule has 11 heteroatoms. The molecule has 0 aromatic rings. The van der Waals surface area contributed by atoms with Crippen molar-refractivity contribution in [1.29, 1.82) is 0 Å². The van der Waals surface area contributed by atoms with Crippen LogP contribution in [0.1, 0.15) is 78.6 Å². The molecule has 1 rings (SSSR count). The number of hydrogen-bond acceptors (Lipinski definition) is 11. The highest BCUT2D eigenvalue weighted by atomic mass is 16.6. The van der Waals surface area contributed by atoms with Gasteiger partial charge in [0.25, 0.3) is 0 Å². The van der Waals surface area contributed by atoms with Crippen LogP contribution in [0.2, 0.25) is 0 Å². The van der Waals surface area contributed by atoms with Crippen molar-refractivity contribution < 1.29 is 55.5 Å². The van der Waals surface area contributed by atoms with Crippen LogP contribution in [-0.2, 0) is 9.53 Å². The third kappa shape index (κ3) is 16.3. The number of rotatable bonds is 6. The summed E-state index contributed by atoms with van der Waals surface area (Å²) < 4.78 is 5.42. The minimum Gasteiger partial charge on any atom is -0.459 e. The van der Waals surface area contributed by atoms with Crippen molar-refractivity contribution >= 4 is 5.97 Å². The third-order valence-electron chi connectivity index (χ3n) is 7.87. The number of aliphatic hydroxyl groups is 9. The van der Waals surface area contributed by atoms with Crippen LogP contribution >= 0.6 is 0 Å². The van der Waals surface area contributed by atoms with Gasteiger partial charge < -0.3 is 50.7 Å². The molecule has 11 atom stereocenters. The van der Waals surface area contributed by atoms with Gasteiger partial charge in [-0.05, 0) is 38.7 Å². The molecular formula is C34H56O11. The molecule has 45 heavy (non-hydrogen) atoms. The first-order chi connectivity index (χ1) is 21.3. The van der Waals surface area contributed by atoms with E-state index in [4.69, 9.17) is 4.74 Å². The van der Waals surface area contributed by atoms with E-state index in [1.165, 1.54) is 13.0 Å². The molecule has 11 nitrogen and oxygen atoms in total. The van der Waals surface area contributed by atoms with E-state index in [9.17, 15) is 50.8 Å². The Bertz CT molecular complexity index is 975. The Morgan fingerprint density at radius 1 is 0.756 bits per heavy atom. The van der Waals surface area contributed by atoms with Gasteiger partial charge in [-0.2, -0.15) is 0 Å². The lowest BCUT2D eigenvalue weighted by molar-refractivity contribution is -0.168. The number of cyclic esters (lactones) is 1. The van der Waals surface area contributed by atoms with Gasteiger partial charge in [-0.25, -0.2) is 0 Å². The van der Waals surface area contributed by atoms with Crippen LogP contribution < -0.4 is 0 Å². The number of hydrogen-bond donors (Lipinski definition) is 9. The van der Waals surface area contributed by atoms with E-state index < -0.39 is 72.9 Å². The summed E-state index contributed by atoms with van der Waals surface area (Å²) in [7, 11) is 0. The van der Waals surface area contributed by atoms with Gasteiger partial charge in [-0.15, -0.1) is 0 Å². The summed E-state index contributed by atoms with van der Waals surface area (Å²) in [5.74, 6) is -2.35. The minimum absolute atomic E-state index is 0.213. The van der Waals surface area contributed by atoms with E-state index in [2.05, 4.69) is 0 Å². The molecular weight excluding hydrogens is 584 g/mol. The normalized spacial score (nSPS) is 38.7. The highest BCUT2D eigenvalue weighted by Crippen LogP contribution is 2.24. The largest absolute Gasteiger partial charge is 0.459 e. The molecule has 0 saturated carbocycles. The summed E-state index contributed by atoms with van der Waals surface area (Å²) >= 11 is 0. The molecule has 1 aliphatic rings. The fourth-order valence-electron chi connectivity index (χ4n) is 5.06. The number of allylic oxidation sites excluding steroid dienone is 8. The van der Waals surface area contributed by atoms with Gasteiger partial charge in [-0.1, -0.05) is 87.3 Å². The first kappa shape index (κ1) is 40.8. The Labute approximate surface area is 267 Å². The summed E-state index contributed by atoms with van der Waals surface area (Å²) in [6, 6.07) is 0. The molecule has 0 aliphatic carbocycles. The van der Waals surface area contributed by atoms with Crippen LogP contribution in [0.25, 0.3) is 0 Å². The maximum absolute atomic E-state index is 13.1.